The van der Waals surface area contributed by atoms with E-state index in [2.05, 4.69) is 42.7 Å². The molecule has 0 amide bonds. The van der Waals surface area contributed by atoms with E-state index in [1.165, 1.54) is 48.9 Å². The first kappa shape index (κ1) is 13.4. The first-order chi connectivity index (χ1) is 8.76. The van der Waals surface area contributed by atoms with Crippen LogP contribution in [0.15, 0.2) is 35.1 Å². The third kappa shape index (κ3) is 2.86. The van der Waals surface area contributed by atoms with Crippen LogP contribution in [-0.2, 0) is 0 Å². The third-order valence-electron chi connectivity index (χ3n) is 3.95. The minimum Gasteiger partial charge on any atom is -0.366 e. The SMILES string of the molecule is CCCCC(C)C1=CC(NC)NC2=CCCC=C21. The average Bonchev–Trinajstić information content (AvgIpc) is 2.43. The molecule has 0 spiro atoms. The zero-order valence-electron chi connectivity index (χ0n) is 11.9. The minimum atomic E-state index is 0.283. The second kappa shape index (κ2) is 6.24. The number of allylic oxidation sites excluding steroid dienone is 3. The van der Waals surface area contributed by atoms with E-state index in [4.69, 9.17) is 0 Å². The zero-order valence-corrected chi connectivity index (χ0v) is 11.9. The highest BCUT2D eigenvalue weighted by molar-refractivity contribution is 5.51. The van der Waals surface area contributed by atoms with Gasteiger partial charge in [0.15, 0.2) is 0 Å². The number of hydrogen-bond donors (Lipinski definition) is 2. The summed E-state index contributed by atoms with van der Waals surface area (Å²) in [5.74, 6) is 0.663. The van der Waals surface area contributed by atoms with Gasteiger partial charge in [-0.25, -0.2) is 0 Å². The van der Waals surface area contributed by atoms with Gasteiger partial charge in [-0.05, 0) is 49.5 Å². The van der Waals surface area contributed by atoms with Crippen molar-refractivity contribution in [1.82, 2.24) is 10.6 Å². The summed E-state index contributed by atoms with van der Waals surface area (Å²) in [7, 11) is 2.01. The van der Waals surface area contributed by atoms with Gasteiger partial charge >= 0.3 is 0 Å². The summed E-state index contributed by atoms with van der Waals surface area (Å²) in [5, 5.41) is 6.87. The lowest BCUT2D eigenvalue weighted by atomic mass is 9.83. The molecule has 1 aliphatic heterocycles. The molecule has 0 aromatic heterocycles. The van der Waals surface area contributed by atoms with E-state index in [1.54, 1.807) is 0 Å². The second-order valence-electron chi connectivity index (χ2n) is 5.39. The van der Waals surface area contributed by atoms with Gasteiger partial charge in [0.2, 0.25) is 0 Å². The summed E-state index contributed by atoms with van der Waals surface area (Å²) >= 11 is 0. The maximum Gasteiger partial charge on any atom is 0.0964 e. The van der Waals surface area contributed by atoms with Crippen molar-refractivity contribution in [1.29, 1.82) is 0 Å². The standard InChI is InChI=1S/C16H26N2/c1-4-5-8-12(2)14-11-16(17-3)18-15-10-7-6-9-13(14)15/h9-12,16-18H,4-8H2,1-3H3. The van der Waals surface area contributed by atoms with Crippen LogP contribution in [0, 0.1) is 5.92 Å². The van der Waals surface area contributed by atoms with Crippen LogP contribution in [0.25, 0.3) is 0 Å². The van der Waals surface area contributed by atoms with Crippen LogP contribution in [-0.4, -0.2) is 13.2 Å². The Morgan fingerprint density at radius 2 is 2.17 bits per heavy atom. The Kier molecular flexibility index (Phi) is 4.65. The van der Waals surface area contributed by atoms with E-state index >= 15 is 0 Å². The Morgan fingerprint density at radius 1 is 1.39 bits per heavy atom. The van der Waals surface area contributed by atoms with E-state index in [0.29, 0.717) is 5.92 Å². The van der Waals surface area contributed by atoms with Crippen LogP contribution >= 0.6 is 0 Å². The van der Waals surface area contributed by atoms with Crippen molar-refractivity contribution in [2.24, 2.45) is 5.92 Å². The third-order valence-corrected chi connectivity index (χ3v) is 3.95. The van der Waals surface area contributed by atoms with Gasteiger partial charge in [0.1, 0.15) is 0 Å². The van der Waals surface area contributed by atoms with Crippen LogP contribution < -0.4 is 10.6 Å². The predicted octanol–water partition coefficient (Wildman–Crippen LogP) is 3.49. The molecule has 2 rings (SSSR count). The number of hydrogen-bond acceptors (Lipinski definition) is 2. The maximum absolute atomic E-state index is 3.55. The Bertz CT molecular complexity index is 377. The van der Waals surface area contributed by atoms with Gasteiger partial charge < -0.3 is 5.32 Å². The number of unbranched alkanes of at least 4 members (excludes halogenated alkanes) is 1. The molecule has 1 heterocycles. The highest BCUT2D eigenvalue weighted by Crippen LogP contribution is 2.34. The first-order valence-electron chi connectivity index (χ1n) is 7.32. The van der Waals surface area contributed by atoms with Crippen molar-refractivity contribution in [3.05, 3.63) is 35.1 Å². The fourth-order valence-corrected chi connectivity index (χ4v) is 2.81. The van der Waals surface area contributed by atoms with Gasteiger partial charge in [-0.3, -0.25) is 5.32 Å². The van der Waals surface area contributed by atoms with E-state index in [-0.39, 0.29) is 6.17 Å². The van der Waals surface area contributed by atoms with Crippen LogP contribution in [0.1, 0.15) is 46.0 Å². The highest BCUT2D eigenvalue weighted by atomic mass is 15.1. The molecular formula is C16H26N2. The predicted molar refractivity (Wildman–Crippen MR) is 78.2 cm³/mol. The van der Waals surface area contributed by atoms with Gasteiger partial charge in [0.25, 0.3) is 0 Å². The summed E-state index contributed by atoms with van der Waals surface area (Å²) in [6.07, 6.45) is 13.7. The van der Waals surface area contributed by atoms with E-state index < -0.39 is 0 Å². The van der Waals surface area contributed by atoms with Crippen LogP contribution in [0.5, 0.6) is 0 Å². The fraction of sp³-hybridized carbons (Fsp3) is 0.625. The van der Waals surface area contributed by atoms with Gasteiger partial charge in [0, 0.05) is 5.70 Å². The Morgan fingerprint density at radius 3 is 2.89 bits per heavy atom. The Hall–Kier alpha value is -1.02. The molecule has 100 valence electrons. The molecule has 0 bridgehead atoms. The molecule has 2 aliphatic rings. The van der Waals surface area contributed by atoms with Crippen molar-refractivity contribution in [2.45, 2.75) is 52.1 Å². The van der Waals surface area contributed by atoms with Crippen LogP contribution in [0.3, 0.4) is 0 Å². The summed E-state index contributed by atoms with van der Waals surface area (Å²) in [4.78, 5) is 0. The average molecular weight is 246 g/mol. The zero-order chi connectivity index (χ0) is 13.0. The second-order valence-corrected chi connectivity index (χ2v) is 5.39. The molecule has 2 heteroatoms. The van der Waals surface area contributed by atoms with Gasteiger partial charge in [-0.15, -0.1) is 0 Å². The monoisotopic (exact) mass is 246 g/mol. The number of rotatable bonds is 5. The number of likely N-dealkylation sites (N-methyl/N-ethyl adjacent to an activating group) is 1. The topological polar surface area (TPSA) is 24.1 Å². The van der Waals surface area contributed by atoms with Crippen molar-refractivity contribution < 1.29 is 0 Å². The summed E-state index contributed by atoms with van der Waals surface area (Å²) in [5.41, 5.74) is 4.32. The number of fused-ring (bicyclic) bond motifs is 1. The molecule has 0 saturated heterocycles. The van der Waals surface area contributed by atoms with Crippen molar-refractivity contribution in [3.63, 3.8) is 0 Å². The van der Waals surface area contributed by atoms with E-state index in [1.807, 2.05) is 7.05 Å². The molecular weight excluding hydrogens is 220 g/mol. The maximum atomic E-state index is 3.55. The molecule has 0 aromatic carbocycles. The Balaban J connectivity index is 2.21. The van der Waals surface area contributed by atoms with Crippen molar-refractivity contribution in [3.8, 4) is 0 Å². The highest BCUT2D eigenvalue weighted by Gasteiger charge is 2.24. The minimum absolute atomic E-state index is 0.283. The van der Waals surface area contributed by atoms with Crippen LogP contribution in [0.4, 0.5) is 0 Å². The largest absolute Gasteiger partial charge is 0.366 e. The summed E-state index contributed by atoms with van der Waals surface area (Å²) in [6, 6.07) is 0. The van der Waals surface area contributed by atoms with Gasteiger partial charge in [0.05, 0.1) is 6.17 Å². The molecule has 2 nitrogen and oxygen atoms in total. The normalized spacial score (nSPS) is 24.4. The molecule has 0 aromatic rings. The van der Waals surface area contributed by atoms with Crippen molar-refractivity contribution in [2.75, 3.05) is 7.05 Å². The molecule has 0 saturated carbocycles. The van der Waals surface area contributed by atoms with E-state index in [9.17, 15) is 0 Å². The van der Waals surface area contributed by atoms with Gasteiger partial charge in [-0.2, -0.15) is 0 Å². The fourth-order valence-electron chi connectivity index (χ4n) is 2.81. The quantitative estimate of drug-likeness (QED) is 0.776. The van der Waals surface area contributed by atoms with Gasteiger partial charge in [-0.1, -0.05) is 38.8 Å². The van der Waals surface area contributed by atoms with E-state index in [0.717, 1.165) is 0 Å². The number of nitrogens with one attached hydrogen (secondary N) is 2. The van der Waals surface area contributed by atoms with Crippen LogP contribution in [0.2, 0.25) is 0 Å². The molecule has 1 aliphatic carbocycles. The molecule has 18 heavy (non-hydrogen) atoms. The molecule has 2 unspecified atom stereocenters. The first-order valence-corrected chi connectivity index (χ1v) is 7.32. The molecule has 2 N–H and O–H groups in total. The smallest absolute Gasteiger partial charge is 0.0964 e. The Labute approximate surface area is 111 Å². The molecule has 0 fully saturated rings. The lowest BCUT2D eigenvalue weighted by Gasteiger charge is -2.32. The van der Waals surface area contributed by atoms with Crippen molar-refractivity contribution >= 4 is 0 Å². The lowest BCUT2D eigenvalue weighted by molar-refractivity contribution is 0.529. The molecule has 0 radical (unpaired) electrons. The summed E-state index contributed by atoms with van der Waals surface area (Å²) < 4.78 is 0. The molecule has 2 atom stereocenters. The summed E-state index contributed by atoms with van der Waals surface area (Å²) in [6.45, 7) is 4.64. The lowest BCUT2D eigenvalue weighted by Crippen LogP contribution is -2.42.